The molecule has 3 heterocycles. The van der Waals surface area contributed by atoms with E-state index in [1.165, 1.54) is 24.3 Å². The number of ether oxygens (including phenoxy) is 1. The lowest BCUT2D eigenvalue weighted by Gasteiger charge is -2.33. The number of aliphatic imine (C=N–C) groups is 1. The highest BCUT2D eigenvalue weighted by molar-refractivity contribution is 7.11. The summed E-state index contributed by atoms with van der Waals surface area (Å²) in [5.74, 6) is -1.77. The fourth-order valence-electron chi connectivity index (χ4n) is 4.07. The molecule has 1 unspecified atom stereocenters. The number of hydrogen-bond acceptors (Lipinski definition) is 7. The van der Waals surface area contributed by atoms with Crippen molar-refractivity contribution in [2.24, 2.45) is 10.9 Å². The summed E-state index contributed by atoms with van der Waals surface area (Å²) in [7, 11) is 0. The molecule has 0 aliphatic carbocycles. The van der Waals surface area contributed by atoms with Gasteiger partial charge in [-0.1, -0.05) is 6.07 Å². The number of esters is 1. The Morgan fingerprint density at radius 2 is 2.06 bits per heavy atom. The summed E-state index contributed by atoms with van der Waals surface area (Å²) in [6, 6.07) is 1.75. The minimum absolute atomic E-state index is 0.0826. The third-order valence-corrected chi connectivity index (χ3v) is 6.41. The second-order valence-corrected chi connectivity index (χ2v) is 8.38. The van der Waals surface area contributed by atoms with Crippen molar-refractivity contribution in [3.8, 4) is 0 Å². The van der Waals surface area contributed by atoms with E-state index in [9.17, 15) is 13.6 Å². The molecule has 6 nitrogen and oxygen atoms in total. The van der Waals surface area contributed by atoms with Gasteiger partial charge in [0.15, 0.2) is 22.5 Å². The van der Waals surface area contributed by atoms with Crippen LogP contribution in [0.15, 0.2) is 40.0 Å². The molecule has 1 atom stereocenters. The van der Waals surface area contributed by atoms with Gasteiger partial charge in [-0.2, -0.15) is 0 Å². The first-order valence-corrected chi connectivity index (χ1v) is 11.2. The second-order valence-electron chi connectivity index (χ2n) is 7.49. The Bertz CT molecular complexity index is 1030. The number of allylic oxidation sites excluding steroid dienone is 1. The summed E-state index contributed by atoms with van der Waals surface area (Å²) in [5, 5.41) is 9.18. The molecule has 1 saturated heterocycles. The molecule has 2 aliphatic heterocycles. The number of carbonyl (C=O) groups excluding carboxylic acids is 1. The largest absolute Gasteiger partial charge is 0.463 e. The van der Waals surface area contributed by atoms with Crippen molar-refractivity contribution < 1.29 is 18.3 Å². The zero-order chi connectivity index (χ0) is 22.0. The van der Waals surface area contributed by atoms with Crippen LogP contribution in [0.2, 0.25) is 0 Å². The fraction of sp³-hybridized carbons (Fsp3) is 0.409. The van der Waals surface area contributed by atoms with Gasteiger partial charge in [0, 0.05) is 23.2 Å². The number of carbonyl (C=O) groups is 1. The van der Waals surface area contributed by atoms with E-state index in [1.54, 1.807) is 13.1 Å². The van der Waals surface area contributed by atoms with Crippen LogP contribution in [-0.2, 0) is 9.53 Å². The van der Waals surface area contributed by atoms with Crippen molar-refractivity contribution in [3.05, 3.63) is 62.7 Å². The quantitative estimate of drug-likeness (QED) is 0.686. The second kappa shape index (κ2) is 9.23. The first-order valence-electron chi connectivity index (χ1n) is 10.3. The maximum atomic E-state index is 14.5. The van der Waals surface area contributed by atoms with Crippen LogP contribution in [-0.4, -0.2) is 36.5 Å². The third-order valence-electron chi connectivity index (χ3n) is 5.63. The Balaban J connectivity index is 1.90. The number of rotatable bonds is 5. The lowest BCUT2D eigenvalue weighted by Crippen LogP contribution is -2.40. The molecule has 0 saturated carbocycles. The van der Waals surface area contributed by atoms with E-state index in [4.69, 9.17) is 9.73 Å². The van der Waals surface area contributed by atoms with Crippen molar-refractivity contribution in [2.75, 3.05) is 19.7 Å². The van der Waals surface area contributed by atoms with Gasteiger partial charge < -0.3 is 15.4 Å². The number of piperidine rings is 1. The molecule has 1 fully saturated rings. The Morgan fingerprint density at radius 3 is 2.74 bits per heavy atom. The molecule has 164 valence electrons. The minimum Gasteiger partial charge on any atom is -0.463 e. The zero-order valence-electron chi connectivity index (χ0n) is 17.4. The number of amidine groups is 1. The molecular formula is C22H24F2N4O2S. The summed E-state index contributed by atoms with van der Waals surface area (Å²) in [5.41, 5.74) is 1.64. The number of thiazole rings is 1. The van der Waals surface area contributed by atoms with Gasteiger partial charge in [-0.15, -0.1) is 11.3 Å². The smallest absolute Gasteiger partial charge is 0.338 e. The van der Waals surface area contributed by atoms with E-state index in [0.717, 1.165) is 37.7 Å². The maximum Gasteiger partial charge on any atom is 0.338 e. The summed E-state index contributed by atoms with van der Waals surface area (Å²) in [6.45, 7) is 5.09. The Morgan fingerprint density at radius 1 is 1.29 bits per heavy atom. The van der Waals surface area contributed by atoms with Gasteiger partial charge in [0.25, 0.3) is 0 Å². The van der Waals surface area contributed by atoms with Crippen LogP contribution in [0.1, 0.15) is 41.9 Å². The van der Waals surface area contributed by atoms with E-state index >= 15 is 0 Å². The van der Waals surface area contributed by atoms with Crippen LogP contribution in [0.4, 0.5) is 8.78 Å². The highest BCUT2D eigenvalue weighted by Crippen LogP contribution is 2.38. The molecule has 4 rings (SSSR count). The Kier molecular flexibility index (Phi) is 6.43. The number of aromatic nitrogens is 1. The standard InChI is InChI=1S/C22H24F2N4O2S/c1-3-30-22(29)16-18(13-6-8-25-9-7-13)27-20(21-26-10-11-31-21)28-19(16)14-4-5-15(23)17(24)12(14)2/h4-5,10-11,13,19,25H,3,6-9H2,1-2H3,(H,27,28). The van der Waals surface area contributed by atoms with Crippen LogP contribution in [0.5, 0.6) is 0 Å². The molecule has 1 aromatic carbocycles. The number of nitrogens with zero attached hydrogens (tertiary/aromatic N) is 2. The maximum absolute atomic E-state index is 14.5. The highest BCUT2D eigenvalue weighted by atomic mass is 32.1. The normalized spacial score (nSPS) is 19.7. The average molecular weight is 447 g/mol. The summed E-state index contributed by atoms with van der Waals surface area (Å²) < 4.78 is 33.7. The molecule has 0 bridgehead atoms. The first-order chi connectivity index (χ1) is 15.0. The molecule has 0 spiro atoms. The van der Waals surface area contributed by atoms with Crippen LogP contribution in [0.3, 0.4) is 0 Å². The molecule has 2 aromatic rings. The van der Waals surface area contributed by atoms with Crippen molar-refractivity contribution in [1.29, 1.82) is 0 Å². The Hall–Kier alpha value is -2.65. The van der Waals surface area contributed by atoms with Gasteiger partial charge in [0.05, 0.1) is 12.2 Å². The lowest BCUT2D eigenvalue weighted by molar-refractivity contribution is -0.139. The van der Waals surface area contributed by atoms with Crippen LogP contribution >= 0.6 is 11.3 Å². The molecule has 1 aromatic heterocycles. The molecular weight excluding hydrogens is 422 g/mol. The topological polar surface area (TPSA) is 75.6 Å². The highest BCUT2D eigenvalue weighted by Gasteiger charge is 2.37. The average Bonchev–Trinajstić information content (AvgIpc) is 3.32. The van der Waals surface area contributed by atoms with Crippen molar-refractivity contribution in [2.45, 2.75) is 32.7 Å². The molecule has 2 aliphatic rings. The van der Waals surface area contributed by atoms with Gasteiger partial charge in [-0.05, 0) is 57.0 Å². The van der Waals surface area contributed by atoms with Crippen LogP contribution in [0, 0.1) is 24.5 Å². The predicted molar refractivity (Wildman–Crippen MR) is 115 cm³/mol. The fourth-order valence-corrected chi connectivity index (χ4v) is 4.66. The van der Waals surface area contributed by atoms with Crippen LogP contribution < -0.4 is 10.6 Å². The SMILES string of the molecule is CCOC(=O)C1=C(C2CCNCC2)NC(c2nccs2)=NC1c1ccc(F)c(F)c1C. The minimum atomic E-state index is -0.936. The number of benzene rings is 1. The first kappa shape index (κ1) is 21.6. The molecule has 2 N–H and O–H groups in total. The molecule has 31 heavy (non-hydrogen) atoms. The predicted octanol–water partition coefficient (Wildman–Crippen LogP) is 3.64. The summed E-state index contributed by atoms with van der Waals surface area (Å²) in [4.78, 5) is 22.2. The number of nitrogens with one attached hydrogen (secondary N) is 2. The van der Waals surface area contributed by atoms with Crippen molar-refractivity contribution >= 4 is 23.1 Å². The number of hydrogen-bond donors (Lipinski definition) is 2. The zero-order valence-corrected chi connectivity index (χ0v) is 18.2. The lowest BCUT2D eigenvalue weighted by atomic mass is 9.85. The Labute approximate surface area is 183 Å². The molecule has 0 amide bonds. The van der Waals surface area contributed by atoms with Crippen LogP contribution in [0.25, 0.3) is 0 Å². The van der Waals surface area contributed by atoms with Gasteiger partial charge in [-0.25, -0.2) is 18.6 Å². The monoisotopic (exact) mass is 446 g/mol. The van der Waals surface area contributed by atoms with E-state index in [1.807, 2.05) is 5.38 Å². The van der Waals surface area contributed by atoms with Gasteiger partial charge in [0.1, 0.15) is 6.04 Å². The van der Waals surface area contributed by atoms with Crippen molar-refractivity contribution in [3.63, 3.8) is 0 Å². The number of halogens is 2. The van der Waals surface area contributed by atoms with Gasteiger partial charge in [0.2, 0.25) is 0 Å². The van der Waals surface area contributed by atoms with E-state index in [-0.39, 0.29) is 18.1 Å². The molecule has 0 radical (unpaired) electrons. The van der Waals surface area contributed by atoms with E-state index < -0.39 is 23.6 Å². The van der Waals surface area contributed by atoms with Gasteiger partial charge >= 0.3 is 5.97 Å². The summed E-state index contributed by atoms with van der Waals surface area (Å²) in [6.07, 6.45) is 3.34. The van der Waals surface area contributed by atoms with E-state index in [2.05, 4.69) is 15.6 Å². The molecule has 9 heteroatoms. The third kappa shape index (κ3) is 4.24. The van der Waals surface area contributed by atoms with E-state index in [0.29, 0.717) is 22.0 Å². The summed E-state index contributed by atoms with van der Waals surface area (Å²) >= 11 is 1.42. The van der Waals surface area contributed by atoms with Crippen molar-refractivity contribution in [1.82, 2.24) is 15.6 Å². The van der Waals surface area contributed by atoms with Gasteiger partial charge in [-0.3, -0.25) is 4.99 Å².